The molecule has 0 aromatic heterocycles. The summed E-state index contributed by atoms with van der Waals surface area (Å²) in [4.78, 5) is 10.7. The third kappa shape index (κ3) is 4.75. The largest absolute Gasteiger partial charge is 0.460 e. The van der Waals surface area contributed by atoms with E-state index in [1.54, 1.807) is 0 Å². The number of carbonyl (C=O) groups is 1. The van der Waals surface area contributed by atoms with Crippen molar-refractivity contribution in [2.75, 3.05) is 6.61 Å². The van der Waals surface area contributed by atoms with Gasteiger partial charge in [0.05, 0.1) is 6.10 Å². The molecule has 0 saturated heterocycles. The smallest absolute Gasteiger partial charge is 0.330 e. The van der Waals surface area contributed by atoms with E-state index >= 15 is 0 Å². The van der Waals surface area contributed by atoms with Crippen LogP contribution in [0.5, 0.6) is 0 Å². The molecule has 1 aromatic carbocycles. The maximum absolute atomic E-state index is 10.7. The Balaban J connectivity index is 2.22. The first-order valence-electron chi connectivity index (χ1n) is 5.23. The Labute approximate surface area is 95.4 Å². The zero-order valence-corrected chi connectivity index (χ0v) is 9.13. The van der Waals surface area contributed by atoms with Crippen LogP contribution in [0.3, 0.4) is 0 Å². The Morgan fingerprint density at radius 3 is 2.75 bits per heavy atom. The molecule has 1 unspecified atom stereocenters. The zero-order valence-electron chi connectivity index (χ0n) is 9.13. The first-order valence-corrected chi connectivity index (χ1v) is 5.23. The minimum absolute atomic E-state index is 0.0255. The van der Waals surface area contributed by atoms with Crippen molar-refractivity contribution in [2.24, 2.45) is 0 Å². The molecule has 1 rings (SSSR count). The monoisotopic (exact) mass is 220 g/mol. The summed E-state index contributed by atoms with van der Waals surface area (Å²) in [5, 5.41) is 9.54. The molecular weight excluding hydrogens is 204 g/mol. The average Bonchev–Trinajstić information content (AvgIpc) is 2.34. The number of esters is 1. The molecule has 0 amide bonds. The third-order valence-electron chi connectivity index (χ3n) is 2.19. The van der Waals surface area contributed by atoms with Crippen molar-refractivity contribution in [3.05, 3.63) is 48.6 Å². The average molecular weight is 220 g/mol. The molecule has 1 N–H and O–H groups in total. The van der Waals surface area contributed by atoms with Gasteiger partial charge in [0, 0.05) is 6.08 Å². The van der Waals surface area contributed by atoms with Crippen LogP contribution in [0.4, 0.5) is 0 Å². The Kier molecular flexibility index (Phi) is 5.29. The number of aliphatic hydroxyl groups excluding tert-OH is 1. The molecule has 0 fully saturated rings. The van der Waals surface area contributed by atoms with Gasteiger partial charge >= 0.3 is 5.97 Å². The second-order valence-corrected chi connectivity index (χ2v) is 3.51. The van der Waals surface area contributed by atoms with Crippen LogP contribution in [0.15, 0.2) is 43.0 Å². The highest BCUT2D eigenvalue weighted by Crippen LogP contribution is 2.05. The highest BCUT2D eigenvalue weighted by Gasteiger charge is 2.06. The van der Waals surface area contributed by atoms with Crippen LogP contribution in [0.1, 0.15) is 12.0 Å². The van der Waals surface area contributed by atoms with Crippen molar-refractivity contribution < 1.29 is 14.6 Å². The van der Waals surface area contributed by atoms with Gasteiger partial charge in [-0.1, -0.05) is 36.9 Å². The van der Waals surface area contributed by atoms with E-state index in [9.17, 15) is 9.90 Å². The first-order chi connectivity index (χ1) is 7.72. The normalized spacial score (nSPS) is 11.8. The van der Waals surface area contributed by atoms with Gasteiger partial charge in [0.25, 0.3) is 0 Å². The number of aliphatic hydroxyl groups is 1. The molecule has 0 aliphatic carbocycles. The fraction of sp³-hybridized carbons (Fsp3) is 0.308. The Morgan fingerprint density at radius 1 is 1.44 bits per heavy atom. The molecule has 0 saturated carbocycles. The molecule has 3 nitrogen and oxygen atoms in total. The maximum atomic E-state index is 10.7. The summed E-state index contributed by atoms with van der Waals surface area (Å²) in [6.07, 6.45) is 1.82. The fourth-order valence-electron chi connectivity index (χ4n) is 1.30. The number of aryl methyl sites for hydroxylation is 1. The van der Waals surface area contributed by atoms with Crippen LogP contribution in [0, 0.1) is 0 Å². The van der Waals surface area contributed by atoms with Gasteiger partial charge in [-0.15, -0.1) is 0 Å². The summed E-state index contributed by atoms with van der Waals surface area (Å²) in [6, 6.07) is 9.87. The van der Waals surface area contributed by atoms with Crippen molar-refractivity contribution in [3.8, 4) is 0 Å². The summed E-state index contributed by atoms with van der Waals surface area (Å²) in [5.41, 5.74) is 1.16. The third-order valence-corrected chi connectivity index (χ3v) is 2.19. The first kappa shape index (κ1) is 12.5. The molecule has 0 aliphatic rings. The highest BCUT2D eigenvalue weighted by atomic mass is 16.5. The van der Waals surface area contributed by atoms with Gasteiger partial charge in [0.2, 0.25) is 0 Å². The quantitative estimate of drug-likeness (QED) is 0.586. The zero-order chi connectivity index (χ0) is 11.8. The summed E-state index contributed by atoms with van der Waals surface area (Å²) >= 11 is 0. The Morgan fingerprint density at radius 2 is 2.12 bits per heavy atom. The molecule has 0 heterocycles. The predicted molar refractivity (Wildman–Crippen MR) is 61.9 cm³/mol. The van der Waals surface area contributed by atoms with E-state index in [4.69, 9.17) is 4.74 Å². The summed E-state index contributed by atoms with van der Waals surface area (Å²) in [7, 11) is 0. The Hall–Kier alpha value is -1.61. The van der Waals surface area contributed by atoms with Gasteiger partial charge in [-0.05, 0) is 18.4 Å². The number of carbonyl (C=O) groups excluding carboxylic acids is 1. The lowest BCUT2D eigenvalue weighted by atomic mass is 10.1. The molecule has 0 spiro atoms. The van der Waals surface area contributed by atoms with Gasteiger partial charge in [-0.25, -0.2) is 4.79 Å². The van der Waals surface area contributed by atoms with Crippen molar-refractivity contribution in [1.29, 1.82) is 0 Å². The lowest BCUT2D eigenvalue weighted by molar-refractivity contribution is -0.140. The highest BCUT2D eigenvalue weighted by molar-refractivity contribution is 5.81. The number of hydrogen-bond donors (Lipinski definition) is 1. The van der Waals surface area contributed by atoms with Crippen molar-refractivity contribution in [1.82, 2.24) is 0 Å². The van der Waals surface area contributed by atoms with Gasteiger partial charge in [-0.2, -0.15) is 0 Å². The van der Waals surface area contributed by atoms with Crippen molar-refractivity contribution >= 4 is 5.97 Å². The maximum Gasteiger partial charge on any atom is 0.330 e. The SMILES string of the molecule is C=CC(=O)OCC(O)CCc1ccccc1. The number of hydrogen-bond acceptors (Lipinski definition) is 3. The van der Waals surface area contributed by atoms with E-state index in [-0.39, 0.29) is 6.61 Å². The van der Waals surface area contributed by atoms with E-state index in [0.717, 1.165) is 18.1 Å². The molecule has 3 heteroatoms. The minimum Gasteiger partial charge on any atom is -0.460 e. The van der Waals surface area contributed by atoms with Crippen LogP contribution >= 0.6 is 0 Å². The lowest BCUT2D eigenvalue weighted by Crippen LogP contribution is -2.18. The number of ether oxygens (including phenoxy) is 1. The number of benzene rings is 1. The van der Waals surface area contributed by atoms with Gasteiger partial charge in [0.15, 0.2) is 0 Å². The van der Waals surface area contributed by atoms with Crippen LogP contribution in [0.25, 0.3) is 0 Å². The predicted octanol–water partition coefficient (Wildman–Crippen LogP) is 1.71. The Bertz CT molecular complexity index is 332. The lowest BCUT2D eigenvalue weighted by Gasteiger charge is -2.10. The molecule has 0 bridgehead atoms. The van der Waals surface area contributed by atoms with Gasteiger partial charge in [-0.3, -0.25) is 0 Å². The molecule has 1 atom stereocenters. The van der Waals surface area contributed by atoms with E-state index in [2.05, 4.69) is 6.58 Å². The second kappa shape index (κ2) is 6.80. The van der Waals surface area contributed by atoms with E-state index in [0.29, 0.717) is 6.42 Å². The van der Waals surface area contributed by atoms with Gasteiger partial charge in [0.1, 0.15) is 6.61 Å². The van der Waals surface area contributed by atoms with Crippen molar-refractivity contribution in [3.63, 3.8) is 0 Å². The second-order valence-electron chi connectivity index (χ2n) is 3.51. The molecule has 16 heavy (non-hydrogen) atoms. The van der Waals surface area contributed by atoms with Crippen molar-refractivity contribution in [2.45, 2.75) is 18.9 Å². The number of rotatable bonds is 6. The van der Waals surface area contributed by atoms with Crippen LogP contribution in [-0.4, -0.2) is 23.8 Å². The van der Waals surface area contributed by atoms with Crippen LogP contribution in [-0.2, 0) is 16.0 Å². The molecule has 0 aliphatic heterocycles. The summed E-state index contributed by atoms with van der Waals surface area (Å²) in [6.45, 7) is 3.30. The summed E-state index contributed by atoms with van der Waals surface area (Å²) in [5.74, 6) is -0.501. The molecule has 86 valence electrons. The van der Waals surface area contributed by atoms with Crippen LogP contribution in [0.2, 0.25) is 0 Å². The molecular formula is C13H16O3. The topological polar surface area (TPSA) is 46.5 Å². The molecule has 0 radical (unpaired) electrons. The molecule has 1 aromatic rings. The standard InChI is InChI=1S/C13H16O3/c1-2-13(15)16-10-12(14)9-8-11-6-4-3-5-7-11/h2-7,12,14H,1,8-10H2. The van der Waals surface area contributed by atoms with E-state index in [1.165, 1.54) is 0 Å². The van der Waals surface area contributed by atoms with Gasteiger partial charge < -0.3 is 9.84 Å². The van der Waals surface area contributed by atoms with E-state index < -0.39 is 12.1 Å². The van der Waals surface area contributed by atoms with E-state index in [1.807, 2.05) is 30.3 Å². The fourth-order valence-corrected chi connectivity index (χ4v) is 1.30. The van der Waals surface area contributed by atoms with Crippen LogP contribution < -0.4 is 0 Å². The summed E-state index contributed by atoms with van der Waals surface area (Å²) < 4.78 is 4.73. The minimum atomic E-state index is -0.621.